The number of hydrogen-bond acceptors (Lipinski definition) is 1. The molecule has 0 unspecified atom stereocenters. The van der Waals surface area contributed by atoms with E-state index in [-0.39, 0.29) is 5.82 Å². The van der Waals surface area contributed by atoms with Gasteiger partial charge in [0.05, 0.1) is 0 Å². The summed E-state index contributed by atoms with van der Waals surface area (Å²) in [6.07, 6.45) is 11.7. The fourth-order valence-electron chi connectivity index (χ4n) is 2.32. The van der Waals surface area contributed by atoms with Crippen molar-refractivity contribution < 1.29 is 4.39 Å². The maximum absolute atomic E-state index is 13.6. The van der Waals surface area contributed by atoms with Gasteiger partial charge in [-0.15, -0.1) is 0 Å². The van der Waals surface area contributed by atoms with Crippen molar-refractivity contribution >= 4 is 0 Å². The molecule has 0 N–H and O–H groups in total. The third kappa shape index (κ3) is 3.67. The maximum Gasteiger partial charge on any atom is 0.126 e. The number of rotatable bonds is 4. The zero-order chi connectivity index (χ0) is 14.5. The molecule has 1 nitrogen and oxygen atoms in total. The summed E-state index contributed by atoms with van der Waals surface area (Å²) in [4.78, 5) is 2.24. The lowest BCUT2D eigenvalue weighted by Crippen LogP contribution is -2.29. The zero-order valence-corrected chi connectivity index (χ0v) is 12.4. The molecule has 0 aliphatic heterocycles. The van der Waals surface area contributed by atoms with Crippen LogP contribution >= 0.6 is 0 Å². The highest BCUT2D eigenvalue weighted by Gasteiger charge is 2.13. The number of hydrogen-bond donors (Lipinski definition) is 0. The molecular formula is C18H22FN. The molecule has 0 spiro atoms. The first-order valence-corrected chi connectivity index (χ1v) is 7.06. The van der Waals surface area contributed by atoms with E-state index in [0.717, 1.165) is 18.5 Å². The van der Waals surface area contributed by atoms with Gasteiger partial charge in [0.25, 0.3) is 0 Å². The molecule has 0 saturated carbocycles. The van der Waals surface area contributed by atoms with Crippen molar-refractivity contribution in [3.63, 3.8) is 0 Å². The van der Waals surface area contributed by atoms with Crippen LogP contribution < -0.4 is 0 Å². The van der Waals surface area contributed by atoms with Crippen LogP contribution in [0.5, 0.6) is 0 Å². The van der Waals surface area contributed by atoms with Crippen LogP contribution in [0.2, 0.25) is 0 Å². The Balaban J connectivity index is 2.05. The van der Waals surface area contributed by atoms with Gasteiger partial charge in [-0.1, -0.05) is 42.5 Å². The molecule has 1 aliphatic rings. The van der Waals surface area contributed by atoms with Gasteiger partial charge in [-0.25, -0.2) is 4.39 Å². The molecule has 1 aromatic rings. The highest BCUT2D eigenvalue weighted by Crippen LogP contribution is 2.17. The maximum atomic E-state index is 13.6. The molecule has 0 heterocycles. The van der Waals surface area contributed by atoms with E-state index in [0.29, 0.717) is 11.6 Å². The van der Waals surface area contributed by atoms with Crippen LogP contribution in [0, 0.1) is 12.7 Å². The SMILES string of the molecule is Cc1ccc(CN(C)[C@@H](C)C2=CCC=CC=C2)cc1F. The topological polar surface area (TPSA) is 3.24 Å². The molecule has 2 heteroatoms. The molecule has 20 heavy (non-hydrogen) atoms. The minimum Gasteiger partial charge on any atom is -0.295 e. The summed E-state index contributed by atoms with van der Waals surface area (Å²) in [6.45, 7) is 4.72. The van der Waals surface area contributed by atoms with Gasteiger partial charge >= 0.3 is 0 Å². The first kappa shape index (κ1) is 14.7. The third-order valence-corrected chi connectivity index (χ3v) is 3.84. The Hall–Kier alpha value is -1.67. The third-order valence-electron chi connectivity index (χ3n) is 3.84. The Labute approximate surface area is 121 Å². The van der Waals surface area contributed by atoms with E-state index < -0.39 is 0 Å². The molecule has 1 atom stereocenters. The molecule has 0 amide bonds. The molecule has 0 bridgehead atoms. The molecule has 0 fully saturated rings. The molecule has 0 radical (unpaired) electrons. The van der Waals surface area contributed by atoms with E-state index in [1.165, 1.54) is 5.57 Å². The molecule has 0 aromatic heterocycles. The summed E-state index contributed by atoms with van der Waals surface area (Å²) < 4.78 is 13.6. The summed E-state index contributed by atoms with van der Waals surface area (Å²) in [5.74, 6) is -0.124. The summed E-state index contributed by atoms with van der Waals surface area (Å²) in [6, 6.07) is 5.80. The smallest absolute Gasteiger partial charge is 0.126 e. The highest BCUT2D eigenvalue weighted by atomic mass is 19.1. The minimum atomic E-state index is -0.124. The second-order valence-electron chi connectivity index (χ2n) is 5.40. The first-order valence-electron chi connectivity index (χ1n) is 7.06. The van der Waals surface area contributed by atoms with Crippen molar-refractivity contribution in [2.24, 2.45) is 0 Å². The van der Waals surface area contributed by atoms with Crippen molar-refractivity contribution in [1.29, 1.82) is 0 Å². The molecule has 1 aromatic carbocycles. The monoisotopic (exact) mass is 271 g/mol. The van der Waals surface area contributed by atoms with E-state index in [4.69, 9.17) is 0 Å². The second-order valence-corrected chi connectivity index (χ2v) is 5.40. The number of benzene rings is 1. The molecule has 1 aliphatic carbocycles. The van der Waals surface area contributed by atoms with Crippen LogP contribution in [0.15, 0.2) is 54.2 Å². The van der Waals surface area contributed by atoms with E-state index in [1.54, 1.807) is 13.0 Å². The van der Waals surface area contributed by atoms with E-state index in [1.807, 2.05) is 12.1 Å². The van der Waals surface area contributed by atoms with Crippen LogP contribution in [0.4, 0.5) is 4.39 Å². The minimum absolute atomic E-state index is 0.124. The van der Waals surface area contributed by atoms with Crippen LogP contribution in [0.25, 0.3) is 0 Å². The van der Waals surface area contributed by atoms with Crippen LogP contribution in [0.3, 0.4) is 0 Å². The fraction of sp³-hybridized carbons (Fsp3) is 0.333. The van der Waals surface area contributed by atoms with E-state index in [2.05, 4.69) is 49.3 Å². The summed E-state index contributed by atoms with van der Waals surface area (Å²) in [7, 11) is 2.08. The average Bonchev–Trinajstić information content (AvgIpc) is 2.71. The first-order chi connectivity index (χ1) is 9.58. The Morgan fingerprint density at radius 1 is 1.30 bits per heavy atom. The van der Waals surface area contributed by atoms with Crippen molar-refractivity contribution in [3.8, 4) is 0 Å². The van der Waals surface area contributed by atoms with Crippen molar-refractivity contribution in [1.82, 2.24) is 4.90 Å². The van der Waals surface area contributed by atoms with Crippen LogP contribution in [-0.4, -0.2) is 18.0 Å². The summed E-state index contributed by atoms with van der Waals surface area (Å²) in [5, 5.41) is 0. The molecular weight excluding hydrogens is 249 g/mol. The number of allylic oxidation sites excluding steroid dienone is 4. The summed E-state index contributed by atoms with van der Waals surface area (Å²) in [5.41, 5.74) is 3.02. The van der Waals surface area contributed by atoms with Crippen LogP contribution in [0.1, 0.15) is 24.5 Å². The zero-order valence-electron chi connectivity index (χ0n) is 12.4. The largest absolute Gasteiger partial charge is 0.295 e. The van der Waals surface area contributed by atoms with Gasteiger partial charge in [0, 0.05) is 12.6 Å². The lowest BCUT2D eigenvalue weighted by atomic mass is 10.0. The second kappa shape index (κ2) is 6.67. The molecule has 2 rings (SSSR count). The number of nitrogens with zero attached hydrogens (tertiary/aromatic N) is 1. The predicted molar refractivity (Wildman–Crippen MR) is 83.0 cm³/mol. The van der Waals surface area contributed by atoms with Gasteiger partial charge in [-0.2, -0.15) is 0 Å². The van der Waals surface area contributed by atoms with Gasteiger partial charge in [-0.3, -0.25) is 4.90 Å². The quantitative estimate of drug-likeness (QED) is 0.784. The number of likely N-dealkylation sites (N-methyl/N-ethyl adjacent to an activating group) is 1. The standard InChI is InChI=1S/C18H22FN/c1-14-10-11-16(12-18(14)19)13-20(3)15(2)17-8-6-4-5-7-9-17/h4-6,8-12,15H,7,13H2,1-3H3/t15-/m0/s1. The lowest BCUT2D eigenvalue weighted by molar-refractivity contribution is 0.281. The van der Waals surface area contributed by atoms with Gasteiger partial charge in [0.2, 0.25) is 0 Å². The molecule has 106 valence electrons. The average molecular weight is 271 g/mol. The van der Waals surface area contributed by atoms with Crippen LogP contribution in [-0.2, 0) is 6.54 Å². The Morgan fingerprint density at radius 3 is 2.85 bits per heavy atom. The fourth-order valence-corrected chi connectivity index (χ4v) is 2.32. The van der Waals surface area contributed by atoms with Gasteiger partial charge in [0.15, 0.2) is 0 Å². The van der Waals surface area contributed by atoms with Gasteiger partial charge < -0.3 is 0 Å². The highest BCUT2D eigenvalue weighted by molar-refractivity contribution is 5.30. The van der Waals surface area contributed by atoms with Gasteiger partial charge in [-0.05, 0) is 50.1 Å². The number of aryl methyl sites for hydroxylation is 1. The Morgan fingerprint density at radius 2 is 2.10 bits per heavy atom. The van der Waals surface area contributed by atoms with Gasteiger partial charge in [0.1, 0.15) is 5.82 Å². The van der Waals surface area contributed by atoms with Crippen molar-refractivity contribution in [2.45, 2.75) is 32.9 Å². The summed E-state index contributed by atoms with van der Waals surface area (Å²) >= 11 is 0. The van der Waals surface area contributed by atoms with E-state index >= 15 is 0 Å². The molecule has 0 saturated heterocycles. The lowest BCUT2D eigenvalue weighted by Gasteiger charge is -2.26. The van der Waals surface area contributed by atoms with E-state index in [9.17, 15) is 4.39 Å². The Kier molecular flexibility index (Phi) is 4.91. The number of halogens is 1. The normalized spacial score (nSPS) is 16.1. The van der Waals surface area contributed by atoms with Crippen molar-refractivity contribution in [3.05, 3.63) is 71.1 Å². The van der Waals surface area contributed by atoms with Crippen molar-refractivity contribution in [2.75, 3.05) is 7.05 Å². The Bertz CT molecular complexity index is 555. The predicted octanol–water partition coefficient (Wildman–Crippen LogP) is 4.40.